The number of carbonyl (C=O) groups is 3. The molecular weight excluding hydrogens is 422 g/mol. The van der Waals surface area contributed by atoms with Crippen LogP contribution in [0, 0.1) is 5.92 Å². The molecule has 3 rings (SSSR count). The van der Waals surface area contributed by atoms with E-state index in [2.05, 4.69) is 26.6 Å². The predicted molar refractivity (Wildman–Crippen MR) is 109 cm³/mol. The highest BCUT2D eigenvalue weighted by Gasteiger charge is 2.33. The quantitative estimate of drug-likeness (QED) is 0.644. The number of halogens is 1. The predicted octanol–water partition coefficient (Wildman–Crippen LogP) is 2.34. The molecule has 2 aromatic rings. The second-order valence-corrected chi connectivity index (χ2v) is 7.54. The molecule has 0 aromatic heterocycles. The van der Waals surface area contributed by atoms with Gasteiger partial charge in [0, 0.05) is 37.1 Å². The van der Waals surface area contributed by atoms with Crippen molar-refractivity contribution in [3.63, 3.8) is 0 Å². The van der Waals surface area contributed by atoms with E-state index in [9.17, 15) is 14.4 Å². The number of carbonyl (C=O) groups excluding carboxylic acids is 3. The minimum atomic E-state index is -0.352. The zero-order valence-corrected chi connectivity index (χ0v) is 16.9. The lowest BCUT2D eigenvalue weighted by molar-refractivity contribution is -0.129. The molecule has 0 saturated carbocycles. The summed E-state index contributed by atoms with van der Waals surface area (Å²) in [4.78, 5) is 38.4. The fourth-order valence-corrected chi connectivity index (χ4v) is 3.62. The fourth-order valence-electron chi connectivity index (χ4n) is 3.15. The number of nitrogens with one attached hydrogen (secondary N) is 2. The molecule has 0 radical (unpaired) electrons. The molecular formula is C21H22BrN3O3. The van der Waals surface area contributed by atoms with Crippen LogP contribution in [0.4, 0.5) is 0 Å². The van der Waals surface area contributed by atoms with Gasteiger partial charge < -0.3 is 15.5 Å². The van der Waals surface area contributed by atoms with Crippen molar-refractivity contribution in [1.82, 2.24) is 15.5 Å². The lowest BCUT2D eigenvalue weighted by atomic mass is 10.1. The maximum Gasteiger partial charge on any atom is 0.252 e. The molecule has 3 amide bonds. The number of benzene rings is 2. The second-order valence-electron chi connectivity index (χ2n) is 6.69. The van der Waals surface area contributed by atoms with E-state index < -0.39 is 0 Å². The van der Waals surface area contributed by atoms with E-state index in [1.807, 2.05) is 36.4 Å². The average Bonchev–Trinajstić information content (AvgIpc) is 3.06. The fraction of sp³-hybridized carbons (Fsp3) is 0.286. The Kier molecular flexibility index (Phi) is 6.81. The molecule has 1 unspecified atom stereocenters. The van der Waals surface area contributed by atoms with Gasteiger partial charge in [-0.1, -0.05) is 42.5 Å². The summed E-state index contributed by atoms with van der Waals surface area (Å²) < 4.78 is 0.722. The Morgan fingerprint density at radius 2 is 1.68 bits per heavy atom. The van der Waals surface area contributed by atoms with Crippen LogP contribution in [0.2, 0.25) is 0 Å². The van der Waals surface area contributed by atoms with E-state index in [0.717, 1.165) is 10.0 Å². The van der Waals surface area contributed by atoms with E-state index in [1.165, 1.54) is 0 Å². The highest BCUT2D eigenvalue weighted by atomic mass is 79.9. The van der Waals surface area contributed by atoms with Crippen LogP contribution in [-0.2, 0) is 16.1 Å². The molecule has 1 aliphatic rings. The Bertz CT molecular complexity index is 857. The summed E-state index contributed by atoms with van der Waals surface area (Å²) in [6, 6.07) is 16.9. The molecule has 1 saturated heterocycles. The van der Waals surface area contributed by atoms with Gasteiger partial charge in [0.05, 0.1) is 11.5 Å². The standard InChI is InChI=1S/C21H22BrN3O3/c22-18-9-5-4-8-17(18)21(28)24-11-10-23-20(27)16-12-19(26)25(14-16)13-15-6-2-1-3-7-15/h1-9,16H,10-14H2,(H,23,27)(H,24,28). The SMILES string of the molecule is O=C(NCCNC(=O)C1CC(=O)N(Cc2ccccc2)C1)c1ccccc1Br. The van der Waals surface area contributed by atoms with Gasteiger partial charge in [0.2, 0.25) is 11.8 Å². The van der Waals surface area contributed by atoms with Crippen molar-refractivity contribution in [1.29, 1.82) is 0 Å². The van der Waals surface area contributed by atoms with Crippen LogP contribution in [0.1, 0.15) is 22.3 Å². The molecule has 0 spiro atoms. The van der Waals surface area contributed by atoms with Crippen molar-refractivity contribution >= 4 is 33.7 Å². The molecule has 1 heterocycles. The Balaban J connectivity index is 1.41. The van der Waals surface area contributed by atoms with Gasteiger partial charge in [-0.15, -0.1) is 0 Å². The monoisotopic (exact) mass is 443 g/mol. The van der Waals surface area contributed by atoms with Crippen LogP contribution >= 0.6 is 15.9 Å². The maximum absolute atomic E-state index is 12.3. The first kappa shape index (κ1) is 20.1. The zero-order chi connectivity index (χ0) is 19.9. The van der Waals surface area contributed by atoms with Crippen molar-refractivity contribution in [2.24, 2.45) is 5.92 Å². The zero-order valence-electron chi connectivity index (χ0n) is 15.4. The first-order chi connectivity index (χ1) is 13.5. The summed E-state index contributed by atoms with van der Waals surface area (Å²) in [5.41, 5.74) is 1.60. The van der Waals surface area contributed by atoms with Crippen LogP contribution in [0.3, 0.4) is 0 Å². The largest absolute Gasteiger partial charge is 0.354 e. The van der Waals surface area contributed by atoms with Gasteiger partial charge in [-0.05, 0) is 33.6 Å². The maximum atomic E-state index is 12.3. The molecule has 1 atom stereocenters. The van der Waals surface area contributed by atoms with Gasteiger partial charge >= 0.3 is 0 Å². The molecule has 28 heavy (non-hydrogen) atoms. The molecule has 2 N–H and O–H groups in total. The minimum Gasteiger partial charge on any atom is -0.354 e. The van der Waals surface area contributed by atoms with E-state index in [1.54, 1.807) is 23.1 Å². The number of hydrogen-bond acceptors (Lipinski definition) is 3. The molecule has 146 valence electrons. The number of hydrogen-bond donors (Lipinski definition) is 2. The summed E-state index contributed by atoms with van der Waals surface area (Å²) in [5, 5.41) is 5.58. The Morgan fingerprint density at radius 1 is 1.00 bits per heavy atom. The summed E-state index contributed by atoms with van der Waals surface area (Å²) in [6.07, 6.45) is 0.224. The third-order valence-electron chi connectivity index (χ3n) is 4.63. The van der Waals surface area contributed by atoms with Crippen LogP contribution in [0.15, 0.2) is 59.1 Å². The highest BCUT2D eigenvalue weighted by molar-refractivity contribution is 9.10. The Hall–Kier alpha value is -2.67. The third kappa shape index (κ3) is 5.19. The first-order valence-corrected chi connectivity index (χ1v) is 9.96. The lowest BCUT2D eigenvalue weighted by Gasteiger charge is -2.16. The summed E-state index contributed by atoms with van der Waals surface area (Å²) in [6.45, 7) is 1.58. The molecule has 1 fully saturated rings. The lowest BCUT2D eigenvalue weighted by Crippen LogP contribution is -2.38. The first-order valence-electron chi connectivity index (χ1n) is 9.16. The van der Waals surface area contributed by atoms with Crippen molar-refractivity contribution in [3.8, 4) is 0 Å². The van der Waals surface area contributed by atoms with E-state index in [4.69, 9.17) is 0 Å². The molecule has 6 nitrogen and oxygen atoms in total. The van der Waals surface area contributed by atoms with Gasteiger partial charge in [-0.2, -0.15) is 0 Å². The van der Waals surface area contributed by atoms with Crippen molar-refractivity contribution in [2.75, 3.05) is 19.6 Å². The Labute approximate surface area is 172 Å². The van der Waals surface area contributed by atoms with Gasteiger partial charge in [0.1, 0.15) is 0 Å². The molecule has 0 bridgehead atoms. The van der Waals surface area contributed by atoms with Gasteiger partial charge in [0.15, 0.2) is 0 Å². The van der Waals surface area contributed by atoms with Crippen molar-refractivity contribution in [2.45, 2.75) is 13.0 Å². The van der Waals surface area contributed by atoms with Crippen LogP contribution in [0.25, 0.3) is 0 Å². The van der Waals surface area contributed by atoms with Gasteiger partial charge in [-0.3, -0.25) is 14.4 Å². The van der Waals surface area contributed by atoms with Gasteiger partial charge in [-0.25, -0.2) is 0 Å². The average molecular weight is 444 g/mol. The van der Waals surface area contributed by atoms with Crippen molar-refractivity contribution in [3.05, 3.63) is 70.2 Å². The molecule has 7 heteroatoms. The Morgan fingerprint density at radius 3 is 2.43 bits per heavy atom. The number of rotatable bonds is 7. The highest BCUT2D eigenvalue weighted by Crippen LogP contribution is 2.20. The number of likely N-dealkylation sites (tertiary alicyclic amines) is 1. The van der Waals surface area contributed by atoms with Gasteiger partial charge in [0.25, 0.3) is 5.91 Å². The number of amides is 3. The molecule has 0 aliphatic carbocycles. The van der Waals surface area contributed by atoms with Crippen LogP contribution in [-0.4, -0.2) is 42.3 Å². The molecule has 2 aromatic carbocycles. The van der Waals surface area contributed by atoms with E-state index in [-0.39, 0.29) is 30.1 Å². The topological polar surface area (TPSA) is 78.5 Å². The van der Waals surface area contributed by atoms with Crippen LogP contribution in [0.5, 0.6) is 0 Å². The van der Waals surface area contributed by atoms with E-state index >= 15 is 0 Å². The number of nitrogens with zero attached hydrogens (tertiary/aromatic N) is 1. The van der Waals surface area contributed by atoms with E-state index in [0.29, 0.717) is 31.7 Å². The summed E-state index contributed by atoms with van der Waals surface area (Å²) in [7, 11) is 0. The summed E-state index contributed by atoms with van der Waals surface area (Å²) >= 11 is 3.34. The smallest absolute Gasteiger partial charge is 0.252 e. The summed E-state index contributed by atoms with van der Waals surface area (Å²) in [5.74, 6) is -0.715. The molecule has 1 aliphatic heterocycles. The normalized spacial score (nSPS) is 16.1. The van der Waals surface area contributed by atoms with Crippen molar-refractivity contribution < 1.29 is 14.4 Å². The third-order valence-corrected chi connectivity index (χ3v) is 5.32. The second kappa shape index (κ2) is 9.50. The van der Waals surface area contributed by atoms with Crippen LogP contribution < -0.4 is 10.6 Å². The minimum absolute atomic E-state index is 0.00812.